The second kappa shape index (κ2) is 5.41. The molecule has 1 aliphatic heterocycles. The van der Waals surface area contributed by atoms with Gasteiger partial charge in [-0.2, -0.15) is 0 Å². The number of nitrogens with zero attached hydrogens (tertiary/aromatic N) is 2. The number of pyridine rings is 1. The molecular formula is C16H18N2O. The van der Waals surface area contributed by atoms with Gasteiger partial charge in [0.05, 0.1) is 12.3 Å². The summed E-state index contributed by atoms with van der Waals surface area (Å²) in [5.41, 5.74) is 3.78. The van der Waals surface area contributed by atoms with Crippen molar-refractivity contribution in [2.75, 3.05) is 13.7 Å². The zero-order valence-corrected chi connectivity index (χ0v) is 11.2. The fourth-order valence-electron chi connectivity index (χ4n) is 2.47. The average molecular weight is 254 g/mol. The molecule has 0 atom stereocenters. The number of benzene rings is 1. The Balaban J connectivity index is 1.65. The third-order valence-electron chi connectivity index (χ3n) is 3.36. The maximum absolute atomic E-state index is 5.53. The molecule has 1 aromatic carbocycles. The van der Waals surface area contributed by atoms with E-state index in [2.05, 4.69) is 41.2 Å². The van der Waals surface area contributed by atoms with Gasteiger partial charge in [-0.05, 0) is 36.4 Å². The molecule has 0 saturated heterocycles. The minimum absolute atomic E-state index is 0.822. The highest BCUT2D eigenvalue weighted by atomic mass is 16.5. The molecule has 3 rings (SSSR count). The first-order chi connectivity index (χ1) is 9.31. The molecule has 2 heterocycles. The zero-order valence-electron chi connectivity index (χ0n) is 11.2. The number of hydrogen-bond acceptors (Lipinski definition) is 3. The van der Waals surface area contributed by atoms with E-state index in [4.69, 9.17) is 4.74 Å². The lowest BCUT2D eigenvalue weighted by atomic mass is 10.1. The van der Waals surface area contributed by atoms with Crippen molar-refractivity contribution >= 4 is 0 Å². The molecule has 2 aromatic rings. The molecule has 0 amide bonds. The molecule has 0 aliphatic carbocycles. The van der Waals surface area contributed by atoms with Crippen LogP contribution in [0.5, 0.6) is 5.75 Å². The lowest BCUT2D eigenvalue weighted by Gasteiger charge is -2.16. The molecule has 1 aliphatic rings. The van der Waals surface area contributed by atoms with Gasteiger partial charge in [-0.25, -0.2) is 0 Å². The third-order valence-corrected chi connectivity index (χ3v) is 3.36. The Morgan fingerprint density at radius 1 is 1.21 bits per heavy atom. The van der Waals surface area contributed by atoms with Gasteiger partial charge in [-0.15, -0.1) is 0 Å². The minimum atomic E-state index is 0.822. The van der Waals surface area contributed by atoms with Gasteiger partial charge in [-0.3, -0.25) is 9.88 Å². The van der Waals surface area contributed by atoms with E-state index in [0.29, 0.717) is 0 Å². The van der Waals surface area contributed by atoms with Gasteiger partial charge in [0.25, 0.3) is 0 Å². The second-order valence-electron chi connectivity index (χ2n) is 5.03. The fourth-order valence-corrected chi connectivity index (χ4v) is 2.47. The Morgan fingerprint density at radius 2 is 2.16 bits per heavy atom. The Morgan fingerprint density at radius 3 is 3.00 bits per heavy atom. The first kappa shape index (κ1) is 12.2. The van der Waals surface area contributed by atoms with Crippen molar-refractivity contribution in [3.63, 3.8) is 0 Å². The van der Waals surface area contributed by atoms with Crippen LogP contribution in [0.2, 0.25) is 0 Å². The Hall–Kier alpha value is -1.87. The van der Waals surface area contributed by atoms with Crippen LogP contribution in [0.4, 0.5) is 0 Å². The number of ether oxygens (including phenoxy) is 1. The van der Waals surface area contributed by atoms with E-state index in [1.165, 1.54) is 11.1 Å². The normalized spacial score (nSPS) is 13.4. The van der Waals surface area contributed by atoms with Crippen LogP contribution in [0.15, 0.2) is 42.6 Å². The molecule has 1 aromatic heterocycles. The highest BCUT2D eigenvalue weighted by Crippen LogP contribution is 2.26. The predicted octanol–water partition coefficient (Wildman–Crippen LogP) is 2.65. The third kappa shape index (κ3) is 2.93. The van der Waals surface area contributed by atoms with Gasteiger partial charge in [0.2, 0.25) is 0 Å². The van der Waals surface area contributed by atoms with Gasteiger partial charge in [0.15, 0.2) is 0 Å². The van der Waals surface area contributed by atoms with Crippen LogP contribution < -0.4 is 4.74 Å². The fraction of sp³-hybridized carbons (Fsp3) is 0.312. The van der Waals surface area contributed by atoms with Crippen molar-refractivity contribution in [1.29, 1.82) is 0 Å². The molecule has 0 spiro atoms. The van der Waals surface area contributed by atoms with Crippen LogP contribution >= 0.6 is 0 Å². The van der Waals surface area contributed by atoms with E-state index in [-0.39, 0.29) is 0 Å². The maximum Gasteiger partial charge on any atom is 0.122 e. The van der Waals surface area contributed by atoms with Gasteiger partial charge in [-0.1, -0.05) is 18.2 Å². The molecule has 0 saturated carbocycles. The molecule has 0 radical (unpaired) electrons. The molecule has 19 heavy (non-hydrogen) atoms. The first-order valence-electron chi connectivity index (χ1n) is 6.64. The van der Waals surface area contributed by atoms with Crippen LogP contribution in [-0.2, 0) is 19.5 Å². The van der Waals surface area contributed by atoms with Crippen molar-refractivity contribution in [1.82, 2.24) is 9.88 Å². The Kier molecular flexibility index (Phi) is 3.47. The summed E-state index contributed by atoms with van der Waals surface area (Å²) in [6.45, 7) is 2.63. The van der Waals surface area contributed by atoms with Crippen LogP contribution in [0, 0.1) is 0 Å². The minimum Gasteiger partial charge on any atom is -0.493 e. The molecule has 0 unspecified atom stereocenters. The molecule has 3 nitrogen and oxygen atoms in total. The van der Waals surface area contributed by atoms with E-state index in [1.54, 1.807) is 0 Å². The van der Waals surface area contributed by atoms with Crippen LogP contribution in [0.25, 0.3) is 0 Å². The van der Waals surface area contributed by atoms with E-state index < -0.39 is 0 Å². The molecule has 0 fully saturated rings. The number of aromatic nitrogens is 1. The van der Waals surface area contributed by atoms with Gasteiger partial charge >= 0.3 is 0 Å². The highest BCUT2D eigenvalue weighted by Gasteiger charge is 2.12. The standard InChI is InChI=1S/C16H18N2O/c1-18(12-15-4-2-3-8-17-15)11-13-5-6-16-14(10-13)7-9-19-16/h2-6,8,10H,7,9,11-12H2,1H3. The van der Waals surface area contributed by atoms with Crippen molar-refractivity contribution in [3.05, 3.63) is 59.4 Å². The topological polar surface area (TPSA) is 25.4 Å². The van der Waals surface area contributed by atoms with Gasteiger partial charge in [0, 0.05) is 25.7 Å². The predicted molar refractivity (Wildman–Crippen MR) is 75.0 cm³/mol. The SMILES string of the molecule is CN(Cc1ccc2c(c1)CCO2)Cc1ccccn1. The number of hydrogen-bond donors (Lipinski definition) is 0. The maximum atomic E-state index is 5.53. The molecule has 98 valence electrons. The Bertz CT molecular complexity index is 554. The summed E-state index contributed by atoms with van der Waals surface area (Å²) in [6, 6.07) is 12.5. The summed E-state index contributed by atoms with van der Waals surface area (Å²) in [5, 5.41) is 0. The lowest BCUT2D eigenvalue weighted by Crippen LogP contribution is -2.17. The highest BCUT2D eigenvalue weighted by molar-refractivity contribution is 5.39. The monoisotopic (exact) mass is 254 g/mol. The smallest absolute Gasteiger partial charge is 0.122 e. The van der Waals surface area contributed by atoms with E-state index in [1.807, 2.05) is 18.3 Å². The van der Waals surface area contributed by atoms with Gasteiger partial charge < -0.3 is 4.74 Å². The summed E-state index contributed by atoms with van der Waals surface area (Å²) in [6.07, 6.45) is 2.88. The van der Waals surface area contributed by atoms with E-state index in [9.17, 15) is 0 Å². The van der Waals surface area contributed by atoms with Crippen molar-refractivity contribution in [3.8, 4) is 5.75 Å². The van der Waals surface area contributed by atoms with Crippen molar-refractivity contribution < 1.29 is 4.74 Å². The van der Waals surface area contributed by atoms with Crippen LogP contribution in [0.3, 0.4) is 0 Å². The lowest BCUT2D eigenvalue weighted by molar-refractivity contribution is 0.315. The molecule has 3 heteroatoms. The second-order valence-corrected chi connectivity index (χ2v) is 5.03. The quantitative estimate of drug-likeness (QED) is 0.838. The zero-order chi connectivity index (χ0) is 13.1. The number of fused-ring (bicyclic) bond motifs is 1. The molecular weight excluding hydrogens is 236 g/mol. The Labute approximate surface area is 113 Å². The molecule has 0 bridgehead atoms. The van der Waals surface area contributed by atoms with Crippen LogP contribution in [-0.4, -0.2) is 23.5 Å². The first-order valence-corrected chi connectivity index (χ1v) is 6.64. The summed E-state index contributed by atoms with van der Waals surface area (Å²) in [7, 11) is 2.12. The van der Waals surface area contributed by atoms with Gasteiger partial charge in [0.1, 0.15) is 5.75 Å². The van der Waals surface area contributed by atoms with Crippen LogP contribution in [0.1, 0.15) is 16.8 Å². The van der Waals surface area contributed by atoms with Crippen molar-refractivity contribution in [2.24, 2.45) is 0 Å². The molecule has 0 N–H and O–H groups in total. The summed E-state index contributed by atoms with van der Waals surface area (Å²) in [5.74, 6) is 1.05. The van der Waals surface area contributed by atoms with Crippen molar-refractivity contribution in [2.45, 2.75) is 19.5 Å². The van der Waals surface area contributed by atoms with E-state index >= 15 is 0 Å². The summed E-state index contributed by atoms with van der Waals surface area (Å²) < 4.78 is 5.53. The largest absolute Gasteiger partial charge is 0.493 e. The number of rotatable bonds is 4. The summed E-state index contributed by atoms with van der Waals surface area (Å²) in [4.78, 5) is 6.63. The summed E-state index contributed by atoms with van der Waals surface area (Å²) >= 11 is 0. The van der Waals surface area contributed by atoms with E-state index in [0.717, 1.165) is 37.6 Å². The average Bonchev–Trinajstić information content (AvgIpc) is 2.87.